The summed E-state index contributed by atoms with van der Waals surface area (Å²) in [5.74, 6) is -0.397. The van der Waals surface area contributed by atoms with E-state index >= 15 is 0 Å². The largest absolute Gasteiger partial charge is 0.384 e. The Hall–Kier alpha value is -1.19. The SMILES string of the molecule is OC(c1ccccc1F)c1ccccc1Br. The highest BCUT2D eigenvalue weighted by Crippen LogP contribution is 2.29. The molecule has 0 saturated heterocycles. The van der Waals surface area contributed by atoms with E-state index in [1.807, 2.05) is 18.2 Å². The number of aliphatic hydroxyl groups is 1. The molecule has 0 amide bonds. The molecule has 0 spiro atoms. The van der Waals surface area contributed by atoms with Crippen LogP contribution in [-0.4, -0.2) is 5.11 Å². The molecule has 0 aliphatic carbocycles. The lowest BCUT2D eigenvalue weighted by Crippen LogP contribution is -2.02. The molecule has 0 radical (unpaired) electrons. The molecule has 16 heavy (non-hydrogen) atoms. The second-order valence-electron chi connectivity index (χ2n) is 3.45. The predicted octanol–water partition coefficient (Wildman–Crippen LogP) is 3.67. The van der Waals surface area contributed by atoms with Gasteiger partial charge in [-0.25, -0.2) is 4.39 Å². The fraction of sp³-hybridized carbons (Fsp3) is 0.0769. The lowest BCUT2D eigenvalue weighted by molar-refractivity contribution is 0.214. The standard InChI is InChI=1S/C13H10BrFO/c14-11-7-3-1-5-9(11)13(16)10-6-2-4-8-12(10)15/h1-8,13,16H. The Morgan fingerprint density at radius 2 is 1.50 bits per heavy atom. The Morgan fingerprint density at radius 3 is 2.12 bits per heavy atom. The van der Waals surface area contributed by atoms with Gasteiger partial charge in [0.1, 0.15) is 11.9 Å². The topological polar surface area (TPSA) is 20.2 Å². The molecule has 0 fully saturated rings. The molecular weight excluding hydrogens is 271 g/mol. The minimum atomic E-state index is -0.947. The first-order valence-corrected chi connectivity index (χ1v) is 5.66. The van der Waals surface area contributed by atoms with E-state index in [9.17, 15) is 9.50 Å². The van der Waals surface area contributed by atoms with Crippen LogP contribution in [0, 0.1) is 5.82 Å². The molecule has 0 aliphatic heterocycles. The van der Waals surface area contributed by atoms with E-state index in [1.165, 1.54) is 6.07 Å². The summed E-state index contributed by atoms with van der Waals surface area (Å²) in [6.07, 6.45) is -0.947. The molecule has 1 atom stereocenters. The van der Waals surface area contributed by atoms with E-state index in [0.29, 0.717) is 5.56 Å². The van der Waals surface area contributed by atoms with Crippen molar-refractivity contribution >= 4 is 15.9 Å². The third-order valence-corrected chi connectivity index (χ3v) is 3.12. The second-order valence-corrected chi connectivity index (χ2v) is 4.30. The van der Waals surface area contributed by atoms with Gasteiger partial charge in [0.15, 0.2) is 0 Å². The zero-order chi connectivity index (χ0) is 11.5. The molecule has 0 aromatic heterocycles. The molecule has 2 rings (SSSR count). The molecule has 1 N–H and O–H groups in total. The summed E-state index contributed by atoms with van der Waals surface area (Å²) in [6.45, 7) is 0. The maximum absolute atomic E-state index is 13.5. The Morgan fingerprint density at radius 1 is 0.938 bits per heavy atom. The normalized spacial score (nSPS) is 12.4. The Kier molecular flexibility index (Phi) is 3.36. The van der Waals surface area contributed by atoms with Crippen LogP contribution in [0.4, 0.5) is 4.39 Å². The van der Waals surface area contributed by atoms with Gasteiger partial charge in [0.2, 0.25) is 0 Å². The van der Waals surface area contributed by atoms with E-state index in [-0.39, 0.29) is 5.56 Å². The fourth-order valence-corrected chi connectivity index (χ4v) is 2.06. The predicted molar refractivity (Wildman–Crippen MR) is 64.6 cm³/mol. The van der Waals surface area contributed by atoms with Gasteiger partial charge in [-0.3, -0.25) is 0 Å². The van der Waals surface area contributed by atoms with E-state index in [0.717, 1.165) is 4.47 Å². The summed E-state index contributed by atoms with van der Waals surface area (Å²) in [5.41, 5.74) is 0.946. The average molecular weight is 281 g/mol. The van der Waals surface area contributed by atoms with Crippen LogP contribution in [0.5, 0.6) is 0 Å². The van der Waals surface area contributed by atoms with Crippen LogP contribution >= 0.6 is 15.9 Å². The monoisotopic (exact) mass is 280 g/mol. The molecule has 1 nitrogen and oxygen atoms in total. The molecule has 0 heterocycles. The van der Waals surface area contributed by atoms with Gasteiger partial charge in [0, 0.05) is 10.0 Å². The van der Waals surface area contributed by atoms with Crippen LogP contribution in [0.1, 0.15) is 17.2 Å². The van der Waals surface area contributed by atoms with Gasteiger partial charge in [0.05, 0.1) is 0 Å². The van der Waals surface area contributed by atoms with Crippen molar-refractivity contribution in [2.24, 2.45) is 0 Å². The molecule has 0 bridgehead atoms. The summed E-state index contributed by atoms with van der Waals surface area (Å²) >= 11 is 3.34. The highest BCUT2D eigenvalue weighted by atomic mass is 79.9. The highest BCUT2D eigenvalue weighted by Gasteiger charge is 2.16. The molecule has 82 valence electrons. The number of benzene rings is 2. The number of rotatable bonds is 2. The van der Waals surface area contributed by atoms with Crippen molar-refractivity contribution in [2.75, 3.05) is 0 Å². The minimum absolute atomic E-state index is 0.286. The van der Waals surface area contributed by atoms with E-state index < -0.39 is 11.9 Å². The molecule has 2 aromatic rings. The van der Waals surface area contributed by atoms with Crippen molar-refractivity contribution in [2.45, 2.75) is 6.10 Å². The Balaban J connectivity index is 2.44. The van der Waals surface area contributed by atoms with Crippen molar-refractivity contribution in [3.8, 4) is 0 Å². The van der Waals surface area contributed by atoms with Gasteiger partial charge in [0.25, 0.3) is 0 Å². The highest BCUT2D eigenvalue weighted by molar-refractivity contribution is 9.10. The van der Waals surface area contributed by atoms with Crippen LogP contribution < -0.4 is 0 Å². The molecular formula is C13H10BrFO. The third kappa shape index (κ3) is 2.15. The van der Waals surface area contributed by atoms with Crippen molar-refractivity contribution in [1.82, 2.24) is 0 Å². The van der Waals surface area contributed by atoms with Crippen molar-refractivity contribution < 1.29 is 9.50 Å². The smallest absolute Gasteiger partial charge is 0.129 e. The maximum atomic E-state index is 13.5. The van der Waals surface area contributed by atoms with E-state index in [1.54, 1.807) is 24.3 Å². The van der Waals surface area contributed by atoms with Crippen molar-refractivity contribution in [3.63, 3.8) is 0 Å². The van der Waals surface area contributed by atoms with Crippen LogP contribution in [0.3, 0.4) is 0 Å². The number of hydrogen-bond acceptors (Lipinski definition) is 1. The molecule has 1 unspecified atom stereocenters. The summed E-state index contributed by atoms with van der Waals surface area (Å²) in [6, 6.07) is 13.5. The quantitative estimate of drug-likeness (QED) is 0.890. The maximum Gasteiger partial charge on any atom is 0.129 e. The summed E-state index contributed by atoms with van der Waals surface area (Å²) in [7, 11) is 0. The zero-order valence-corrected chi connectivity index (χ0v) is 9.99. The first-order chi connectivity index (χ1) is 7.70. The Bertz CT molecular complexity index is 453. The average Bonchev–Trinajstić information content (AvgIpc) is 2.29. The fourth-order valence-electron chi connectivity index (χ4n) is 1.56. The van der Waals surface area contributed by atoms with Gasteiger partial charge >= 0.3 is 0 Å². The van der Waals surface area contributed by atoms with Crippen molar-refractivity contribution in [1.29, 1.82) is 0 Å². The lowest BCUT2D eigenvalue weighted by atomic mass is 10.0. The van der Waals surface area contributed by atoms with E-state index in [4.69, 9.17) is 0 Å². The third-order valence-electron chi connectivity index (χ3n) is 2.40. The van der Waals surface area contributed by atoms with Crippen molar-refractivity contribution in [3.05, 3.63) is 69.9 Å². The van der Waals surface area contributed by atoms with Crippen LogP contribution in [0.15, 0.2) is 53.0 Å². The number of halogens is 2. The first kappa shape index (κ1) is 11.3. The van der Waals surface area contributed by atoms with Gasteiger partial charge in [-0.15, -0.1) is 0 Å². The van der Waals surface area contributed by atoms with Crippen LogP contribution in [0.2, 0.25) is 0 Å². The zero-order valence-electron chi connectivity index (χ0n) is 8.40. The number of aliphatic hydroxyl groups excluding tert-OH is 1. The van der Waals surface area contributed by atoms with Gasteiger partial charge < -0.3 is 5.11 Å². The molecule has 2 aromatic carbocycles. The van der Waals surface area contributed by atoms with E-state index in [2.05, 4.69) is 15.9 Å². The lowest BCUT2D eigenvalue weighted by Gasteiger charge is -2.13. The van der Waals surface area contributed by atoms with Crippen LogP contribution in [0.25, 0.3) is 0 Å². The molecule has 0 saturated carbocycles. The summed E-state index contributed by atoms with van der Waals surface area (Å²) in [5, 5.41) is 10.1. The van der Waals surface area contributed by atoms with Gasteiger partial charge in [-0.05, 0) is 17.7 Å². The van der Waals surface area contributed by atoms with Crippen LogP contribution in [-0.2, 0) is 0 Å². The summed E-state index contributed by atoms with van der Waals surface area (Å²) in [4.78, 5) is 0. The second kappa shape index (κ2) is 4.76. The first-order valence-electron chi connectivity index (χ1n) is 4.87. The Labute approximate surface area is 102 Å². The molecule has 3 heteroatoms. The van der Waals surface area contributed by atoms with Gasteiger partial charge in [-0.1, -0.05) is 52.3 Å². The van der Waals surface area contributed by atoms with Gasteiger partial charge in [-0.2, -0.15) is 0 Å². The molecule has 0 aliphatic rings. The number of hydrogen-bond donors (Lipinski definition) is 1. The minimum Gasteiger partial charge on any atom is -0.384 e. The summed E-state index contributed by atoms with van der Waals surface area (Å²) < 4.78 is 14.3.